The Bertz CT molecular complexity index is 3050. The molecule has 0 atom stereocenters. The molecule has 0 radical (unpaired) electrons. The van der Waals surface area contributed by atoms with Crippen molar-refractivity contribution in [2.75, 3.05) is 32.8 Å². The van der Waals surface area contributed by atoms with E-state index in [0.717, 1.165) is 7.11 Å². The minimum absolute atomic E-state index is 0. The Kier molecular flexibility index (Phi) is 21.8. The maximum atomic E-state index is 15.5. The van der Waals surface area contributed by atoms with E-state index in [4.69, 9.17) is 16.2 Å². The van der Waals surface area contributed by atoms with E-state index in [1.165, 1.54) is 75.0 Å². The van der Waals surface area contributed by atoms with Crippen LogP contribution in [0.2, 0.25) is 0 Å². The molecule has 0 bridgehead atoms. The van der Waals surface area contributed by atoms with Crippen LogP contribution in [0.4, 0.5) is 37.7 Å². The van der Waals surface area contributed by atoms with Gasteiger partial charge in [-0.15, -0.1) is 0 Å². The van der Waals surface area contributed by atoms with Crippen molar-refractivity contribution in [1.82, 2.24) is 19.9 Å². The summed E-state index contributed by atoms with van der Waals surface area (Å²) in [6, 6.07) is 8.15. The van der Waals surface area contributed by atoms with Crippen LogP contribution in [0.15, 0.2) is 73.3 Å². The van der Waals surface area contributed by atoms with Crippen molar-refractivity contribution in [1.29, 1.82) is 0 Å². The van der Waals surface area contributed by atoms with Crippen LogP contribution in [0.5, 0.6) is 0 Å². The summed E-state index contributed by atoms with van der Waals surface area (Å²) in [6.07, 6.45) is 5.69. The molecule has 0 fully saturated rings. The van der Waals surface area contributed by atoms with Crippen molar-refractivity contribution >= 4 is 75.1 Å². The van der Waals surface area contributed by atoms with Crippen molar-refractivity contribution < 1.29 is 101 Å². The van der Waals surface area contributed by atoms with Gasteiger partial charge in [0.15, 0.2) is 46.5 Å². The van der Waals surface area contributed by atoms with E-state index in [1.807, 2.05) is 4.72 Å². The predicted octanol–water partition coefficient (Wildman–Crippen LogP) is 4.03. The number of aliphatic hydroxyl groups is 1. The molecule has 2 heterocycles. The van der Waals surface area contributed by atoms with Gasteiger partial charge in [-0.1, -0.05) is 20.8 Å². The summed E-state index contributed by atoms with van der Waals surface area (Å²) in [5.41, 5.74) is -3.85. The number of nitrogens with one attached hydrogen (secondary N) is 2. The van der Waals surface area contributed by atoms with Gasteiger partial charge >= 0.3 is 29.6 Å². The predicted molar refractivity (Wildman–Crippen MR) is 231 cm³/mol. The summed E-state index contributed by atoms with van der Waals surface area (Å²) >= 11 is 0. The second-order valence-corrected chi connectivity index (χ2v) is 19.2. The van der Waals surface area contributed by atoms with Crippen LogP contribution < -0.4 is 38.0 Å². The molecule has 356 valence electrons. The molecule has 0 saturated heterocycles. The van der Waals surface area contributed by atoms with Crippen LogP contribution in [-0.4, -0.2) is 91.4 Å². The molecule has 17 nitrogen and oxygen atoms in total. The van der Waals surface area contributed by atoms with Crippen LogP contribution in [0, 0.1) is 34.9 Å². The van der Waals surface area contributed by atoms with Gasteiger partial charge < -0.3 is 16.2 Å². The number of anilines is 2. The van der Waals surface area contributed by atoms with Gasteiger partial charge in [0.1, 0.15) is 5.69 Å². The topological polar surface area (TPSA) is 268 Å². The first-order valence-corrected chi connectivity index (χ1v) is 23.8. The third-order valence-electron chi connectivity index (χ3n) is 8.57. The molecule has 6 aromatic rings. The first-order chi connectivity index (χ1) is 31.2. The third-order valence-corrected chi connectivity index (χ3v) is 14.7. The first-order valence-electron chi connectivity index (χ1n) is 19.0. The van der Waals surface area contributed by atoms with Gasteiger partial charge in [0.2, 0.25) is 30.1 Å². The van der Waals surface area contributed by atoms with E-state index < -0.39 is 111 Å². The standard InChI is InChI=1S/C21H20F3N3O5S2.C18H14F3N3O3S.CH4O.H2NO.Na/c1-3-9-33(29,30)27(34(31,32)10-4-2)17-12-14(22)19(23)18(20(17)24)21(28)13-5-6-15-16(11-13)26-8-7-25-15;1-2-7-28(26,27)24-14-9-11(19)16(20)15(17(14)21)18(25)10-3-4-12-13(8-10)23-6-5-22-12;2*1-2;/h5-8,11-12H,3-4,9-10H2,1-2H3;3-6,8-9,24H,2,7H2,1H3;2H,1H3;1-2H;/q;;;-1;+1. The Morgan fingerprint density at radius 1 is 0.567 bits per heavy atom. The fourth-order valence-electron chi connectivity index (χ4n) is 5.94. The molecule has 2 aromatic heterocycles. The number of halogens is 6. The number of hydrogen-bond donors (Lipinski definition) is 3. The monoisotopic (exact) mass is 1010 g/mol. The number of carbonyl (C=O) groups excluding carboxylic acids is 2. The normalized spacial score (nSPS) is 11.2. The molecule has 0 unspecified atom stereocenters. The number of rotatable bonds is 15. The summed E-state index contributed by atoms with van der Waals surface area (Å²) in [7, 11) is -12.4. The number of hydrogen-bond acceptors (Lipinski definition) is 14. The molecule has 67 heavy (non-hydrogen) atoms. The van der Waals surface area contributed by atoms with Crippen molar-refractivity contribution in [3.05, 3.63) is 136 Å². The number of nitrogens with zero attached hydrogens (tertiary/aromatic N) is 5. The zero-order chi connectivity index (χ0) is 49.7. The largest absolute Gasteiger partial charge is 1.00 e. The van der Waals surface area contributed by atoms with Crippen LogP contribution in [0.1, 0.15) is 71.9 Å². The van der Waals surface area contributed by atoms with Crippen LogP contribution in [0.25, 0.3) is 28.0 Å². The van der Waals surface area contributed by atoms with Gasteiger partial charge in [0.05, 0.1) is 56.1 Å². The van der Waals surface area contributed by atoms with E-state index in [-0.39, 0.29) is 81.0 Å². The molecule has 0 aliphatic carbocycles. The fraction of sp³-hybridized carbons (Fsp3) is 0.250. The zero-order valence-electron chi connectivity index (χ0n) is 36.1. The summed E-state index contributed by atoms with van der Waals surface area (Å²) in [4.78, 5) is 41.7. The number of fused-ring (bicyclic) bond motifs is 2. The molecule has 0 amide bonds. The molecule has 6 rings (SSSR count). The number of aromatic nitrogens is 4. The second kappa shape index (κ2) is 25.3. The van der Waals surface area contributed by atoms with Crippen molar-refractivity contribution in [2.24, 2.45) is 0 Å². The fourth-order valence-corrected chi connectivity index (χ4v) is 11.1. The quantitative estimate of drug-likeness (QED) is 0.0431. The van der Waals surface area contributed by atoms with E-state index >= 15 is 4.39 Å². The summed E-state index contributed by atoms with van der Waals surface area (Å²) in [6.45, 7) is 4.47. The van der Waals surface area contributed by atoms with Crippen molar-refractivity contribution in [2.45, 2.75) is 40.0 Å². The van der Waals surface area contributed by atoms with Gasteiger partial charge in [0, 0.05) is 55.2 Å². The van der Waals surface area contributed by atoms with Crippen LogP contribution in [-0.2, 0) is 30.1 Å². The summed E-state index contributed by atoms with van der Waals surface area (Å²) in [5.74, 6) is -9.75. The Hall–Kier alpha value is -5.19. The van der Waals surface area contributed by atoms with Crippen molar-refractivity contribution in [3.8, 4) is 0 Å². The van der Waals surface area contributed by atoms with Gasteiger partial charge in [-0.3, -0.25) is 34.2 Å². The molecule has 0 aliphatic rings. The van der Waals surface area contributed by atoms with E-state index in [1.54, 1.807) is 6.92 Å². The average molecular weight is 1010 g/mol. The van der Waals surface area contributed by atoms with Crippen LogP contribution in [0.3, 0.4) is 0 Å². The van der Waals surface area contributed by atoms with Gasteiger partial charge in [-0.05, 0) is 55.7 Å². The first kappa shape index (κ1) is 57.9. The summed E-state index contributed by atoms with van der Waals surface area (Å²) in [5, 5.41) is 13.2. The molecular weight excluding hydrogens is 972 g/mol. The van der Waals surface area contributed by atoms with Gasteiger partial charge in [-0.25, -0.2) is 51.6 Å². The van der Waals surface area contributed by atoms with E-state index in [0.29, 0.717) is 22.6 Å². The Morgan fingerprint density at radius 3 is 1.34 bits per heavy atom. The van der Waals surface area contributed by atoms with Gasteiger partial charge in [-0.2, -0.15) is 3.71 Å². The number of aliphatic hydroxyl groups excluding tert-OH is 1. The van der Waals surface area contributed by atoms with E-state index in [9.17, 15) is 56.8 Å². The molecule has 4 N–H and O–H groups in total. The molecule has 0 aliphatic heterocycles. The second-order valence-electron chi connectivity index (χ2n) is 13.2. The minimum atomic E-state index is -4.71. The smallest absolute Gasteiger partial charge is 0.553 e. The third kappa shape index (κ3) is 13.7. The maximum absolute atomic E-state index is 15.5. The average Bonchev–Trinajstić information content (AvgIpc) is 3.28. The molecular formula is C40H40F6N7NaO10S3. The number of benzene rings is 4. The van der Waals surface area contributed by atoms with Gasteiger partial charge in [0.25, 0.3) is 0 Å². The SMILES string of the molecule is CCCS(=O)(=O)N(c1cc(F)c(F)c(C(=O)c2ccc3nccnc3c2)c1F)S(=O)(=O)CCC.CCCS(=O)(=O)Nc1cc(F)c(F)c(C(=O)c2ccc3nccnc3c2)c1F.CO.[NH-]O.[Na+]. The number of sulfonamides is 3. The molecule has 4 aromatic carbocycles. The minimum Gasteiger partial charge on any atom is -0.553 e. The molecule has 27 heteroatoms. The zero-order valence-corrected chi connectivity index (χ0v) is 40.5. The van der Waals surface area contributed by atoms with E-state index in [2.05, 4.69) is 19.9 Å². The Balaban J connectivity index is 0.000000429. The molecule has 0 saturated carbocycles. The number of ketones is 2. The maximum Gasteiger partial charge on any atom is 1.00 e. The Morgan fingerprint density at radius 2 is 0.940 bits per heavy atom. The summed E-state index contributed by atoms with van der Waals surface area (Å²) < 4.78 is 164. The van der Waals surface area contributed by atoms with Crippen LogP contribution >= 0.6 is 0 Å². The Labute approximate surface area is 402 Å². The number of carbonyl (C=O) groups is 2. The molecule has 0 spiro atoms. The van der Waals surface area contributed by atoms with Crippen molar-refractivity contribution in [3.63, 3.8) is 0 Å².